The highest BCUT2D eigenvalue weighted by molar-refractivity contribution is 5.39. The van der Waals surface area contributed by atoms with E-state index in [9.17, 15) is 0 Å². The fourth-order valence-electron chi connectivity index (χ4n) is 2.09. The number of hydrogen-bond acceptors (Lipinski definition) is 4. The highest BCUT2D eigenvalue weighted by Gasteiger charge is 2.03. The van der Waals surface area contributed by atoms with Gasteiger partial charge in [-0.05, 0) is 32.0 Å². The summed E-state index contributed by atoms with van der Waals surface area (Å²) in [5.41, 5.74) is 3.40. The molecule has 5 heteroatoms. The first-order valence-electron chi connectivity index (χ1n) is 7.28. The smallest absolute Gasteiger partial charge is 0.0638 e. The maximum absolute atomic E-state index is 4.44. The largest absolute Gasteiger partial charge is 0.384 e. The maximum Gasteiger partial charge on any atom is 0.0638 e. The van der Waals surface area contributed by atoms with Gasteiger partial charge < -0.3 is 10.6 Å². The Morgan fingerprint density at radius 2 is 2.29 bits per heavy atom. The topological polar surface area (TPSA) is 54.8 Å². The van der Waals surface area contributed by atoms with E-state index in [-0.39, 0.29) is 0 Å². The van der Waals surface area contributed by atoms with E-state index in [0.717, 1.165) is 44.0 Å². The molecule has 0 aliphatic heterocycles. The van der Waals surface area contributed by atoms with Gasteiger partial charge in [-0.1, -0.05) is 6.08 Å². The van der Waals surface area contributed by atoms with Crippen molar-refractivity contribution in [1.82, 2.24) is 20.1 Å². The zero-order valence-corrected chi connectivity index (χ0v) is 12.5. The third-order valence-electron chi connectivity index (χ3n) is 3.20. The fourth-order valence-corrected chi connectivity index (χ4v) is 2.09. The van der Waals surface area contributed by atoms with Crippen LogP contribution in [0.4, 0.5) is 5.69 Å². The van der Waals surface area contributed by atoms with Crippen molar-refractivity contribution in [3.05, 3.63) is 54.6 Å². The molecular formula is C16H23N5. The molecule has 0 fully saturated rings. The highest BCUT2D eigenvalue weighted by Crippen LogP contribution is 2.05. The van der Waals surface area contributed by atoms with Gasteiger partial charge in [-0.3, -0.25) is 9.67 Å². The Bertz CT molecular complexity index is 547. The summed E-state index contributed by atoms with van der Waals surface area (Å²) in [6.45, 7) is 9.30. The molecule has 0 saturated carbocycles. The number of allylic oxidation sites excluding steroid dienone is 1. The van der Waals surface area contributed by atoms with Crippen LogP contribution in [0.3, 0.4) is 0 Å². The molecule has 0 spiro atoms. The Morgan fingerprint density at radius 3 is 3.05 bits per heavy atom. The Morgan fingerprint density at radius 1 is 1.38 bits per heavy atom. The Hall–Kier alpha value is -2.14. The average molecular weight is 285 g/mol. The first-order valence-corrected chi connectivity index (χ1v) is 7.28. The first kappa shape index (κ1) is 15.3. The summed E-state index contributed by atoms with van der Waals surface area (Å²) in [5, 5.41) is 11.2. The summed E-state index contributed by atoms with van der Waals surface area (Å²) < 4.78 is 1.92. The number of pyridine rings is 1. The van der Waals surface area contributed by atoms with Crippen LogP contribution >= 0.6 is 0 Å². The van der Waals surface area contributed by atoms with E-state index < -0.39 is 0 Å². The number of nitrogens with one attached hydrogen (secondary N) is 2. The van der Waals surface area contributed by atoms with Gasteiger partial charge in [0.1, 0.15) is 0 Å². The second-order valence-corrected chi connectivity index (χ2v) is 4.95. The van der Waals surface area contributed by atoms with Gasteiger partial charge in [0.25, 0.3) is 0 Å². The summed E-state index contributed by atoms with van der Waals surface area (Å²) in [6.07, 6.45) is 8.62. The molecule has 0 amide bonds. The molecule has 0 bridgehead atoms. The van der Waals surface area contributed by atoms with Crippen LogP contribution in [0.5, 0.6) is 0 Å². The van der Waals surface area contributed by atoms with Gasteiger partial charge in [-0.25, -0.2) is 0 Å². The van der Waals surface area contributed by atoms with E-state index in [1.54, 1.807) is 6.20 Å². The molecule has 2 N–H and O–H groups in total. The second-order valence-electron chi connectivity index (χ2n) is 4.95. The Kier molecular flexibility index (Phi) is 5.97. The van der Waals surface area contributed by atoms with Gasteiger partial charge in [-0.15, -0.1) is 6.58 Å². The zero-order chi connectivity index (χ0) is 14.9. The lowest BCUT2D eigenvalue weighted by Gasteiger charge is -2.06. The van der Waals surface area contributed by atoms with E-state index in [4.69, 9.17) is 0 Å². The van der Waals surface area contributed by atoms with Crippen molar-refractivity contribution in [3.63, 3.8) is 0 Å². The standard InChI is InChI=1S/C16H23N5/c1-3-10-21-13-15(14(2)20-21)11-17-8-5-9-19-16-6-4-7-18-12-16/h3-4,6-7,12-13,17,19H,1,5,8-11H2,2H3. The fraction of sp³-hybridized carbons (Fsp3) is 0.375. The van der Waals surface area contributed by atoms with Crippen molar-refractivity contribution in [2.24, 2.45) is 0 Å². The molecule has 21 heavy (non-hydrogen) atoms. The molecule has 0 unspecified atom stereocenters. The van der Waals surface area contributed by atoms with E-state index in [0.29, 0.717) is 0 Å². The summed E-state index contributed by atoms with van der Waals surface area (Å²) in [6, 6.07) is 3.96. The van der Waals surface area contributed by atoms with Crippen LogP contribution in [0.25, 0.3) is 0 Å². The summed E-state index contributed by atoms with van der Waals surface area (Å²) >= 11 is 0. The third-order valence-corrected chi connectivity index (χ3v) is 3.20. The minimum Gasteiger partial charge on any atom is -0.384 e. The molecule has 2 heterocycles. The molecule has 2 aromatic heterocycles. The van der Waals surface area contributed by atoms with Crippen molar-refractivity contribution in [3.8, 4) is 0 Å². The van der Waals surface area contributed by atoms with E-state index in [2.05, 4.69) is 33.5 Å². The molecule has 0 aromatic carbocycles. The van der Waals surface area contributed by atoms with Gasteiger partial charge in [0.05, 0.1) is 17.9 Å². The van der Waals surface area contributed by atoms with Crippen molar-refractivity contribution in [2.75, 3.05) is 18.4 Å². The van der Waals surface area contributed by atoms with Gasteiger partial charge in [0.15, 0.2) is 0 Å². The molecular weight excluding hydrogens is 262 g/mol. The second kappa shape index (κ2) is 8.21. The normalized spacial score (nSPS) is 10.5. The summed E-state index contributed by atoms with van der Waals surface area (Å²) in [4.78, 5) is 4.07. The predicted molar refractivity (Wildman–Crippen MR) is 86.2 cm³/mol. The minimum atomic E-state index is 0.760. The van der Waals surface area contributed by atoms with Crippen molar-refractivity contribution in [2.45, 2.75) is 26.4 Å². The van der Waals surface area contributed by atoms with Gasteiger partial charge in [-0.2, -0.15) is 5.10 Å². The molecule has 2 rings (SSSR count). The average Bonchev–Trinajstić information content (AvgIpc) is 2.84. The highest BCUT2D eigenvalue weighted by atomic mass is 15.3. The number of nitrogens with zero attached hydrogens (tertiary/aromatic N) is 3. The van der Waals surface area contributed by atoms with Crippen LogP contribution in [0.2, 0.25) is 0 Å². The Balaban J connectivity index is 1.62. The van der Waals surface area contributed by atoms with Gasteiger partial charge >= 0.3 is 0 Å². The molecule has 0 aliphatic carbocycles. The van der Waals surface area contributed by atoms with Crippen molar-refractivity contribution < 1.29 is 0 Å². The molecule has 2 aromatic rings. The number of anilines is 1. The molecule has 112 valence electrons. The van der Waals surface area contributed by atoms with Gasteiger partial charge in [0, 0.05) is 37.2 Å². The lowest BCUT2D eigenvalue weighted by atomic mass is 10.2. The predicted octanol–water partition coefficient (Wildman–Crippen LogP) is 2.36. The quantitative estimate of drug-likeness (QED) is 0.548. The summed E-state index contributed by atoms with van der Waals surface area (Å²) in [7, 11) is 0. The SMILES string of the molecule is C=CCn1cc(CNCCCNc2cccnc2)c(C)n1. The van der Waals surface area contributed by atoms with Crippen molar-refractivity contribution in [1.29, 1.82) is 0 Å². The minimum absolute atomic E-state index is 0.760. The van der Waals surface area contributed by atoms with Crippen LogP contribution in [0.1, 0.15) is 17.7 Å². The molecule has 0 aliphatic rings. The Labute approximate surface area is 126 Å². The van der Waals surface area contributed by atoms with Crippen LogP contribution < -0.4 is 10.6 Å². The zero-order valence-electron chi connectivity index (χ0n) is 12.5. The summed E-state index contributed by atoms with van der Waals surface area (Å²) in [5.74, 6) is 0. The number of aryl methyl sites for hydroxylation is 1. The first-order chi connectivity index (χ1) is 10.3. The van der Waals surface area contributed by atoms with E-state index in [1.165, 1.54) is 5.56 Å². The lowest BCUT2D eigenvalue weighted by Crippen LogP contribution is -2.17. The number of aromatic nitrogens is 3. The van der Waals surface area contributed by atoms with E-state index >= 15 is 0 Å². The molecule has 0 saturated heterocycles. The van der Waals surface area contributed by atoms with Crippen molar-refractivity contribution >= 4 is 5.69 Å². The third kappa shape index (κ3) is 5.04. The van der Waals surface area contributed by atoms with Crippen LogP contribution in [-0.4, -0.2) is 27.9 Å². The maximum atomic E-state index is 4.44. The number of rotatable bonds is 9. The van der Waals surface area contributed by atoms with Crippen LogP contribution in [0, 0.1) is 6.92 Å². The molecule has 0 radical (unpaired) electrons. The molecule has 5 nitrogen and oxygen atoms in total. The number of hydrogen-bond donors (Lipinski definition) is 2. The monoisotopic (exact) mass is 285 g/mol. The van der Waals surface area contributed by atoms with Gasteiger partial charge in [0.2, 0.25) is 0 Å². The molecule has 0 atom stereocenters. The van der Waals surface area contributed by atoms with E-state index in [1.807, 2.05) is 36.0 Å². The van der Waals surface area contributed by atoms with Crippen LogP contribution in [0.15, 0.2) is 43.4 Å². The lowest BCUT2D eigenvalue weighted by molar-refractivity contribution is 0.660. The van der Waals surface area contributed by atoms with Crippen LogP contribution in [-0.2, 0) is 13.1 Å².